The number of aromatic nitrogens is 2. The third kappa shape index (κ3) is 7.38. The van der Waals surface area contributed by atoms with E-state index in [9.17, 15) is 9.18 Å². The number of piperidine rings is 1. The molecule has 0 unspecified atom stereocenters. The molecule has 3 rings (SSSR count). The minimum atomic E-state index is -0.272. The Hall–Kier alpha value is -2.32. The van der Waals surface area contributed by atoms with Gasteiger partial charge in [-0.05, 0) is 77.7 Å². The highest BCUT2D eigenvalue weighted by atomic mass is 19.1. The van der Waals surface area contributed by atoms with Crippen LogP contribution in [0.1, 0.15) is 51.0 Å². The van der Waals surface area contributed by atoms with Crippen molar-refractivity contribution in [1.29, 1.82) is 0 Å². The van der Waals surface area contributed by atoms with Gasteiger partial charge in [0.1, 0.15) is 5.82 Å². The number of aryl methyl sites for hydroxylation is 2. The monoisotopic (exact) mass is 446 g/mol. The van der Waals surface area contributed by atoms with Crippen LogP contribution in [0.5, 0.6) is 0 Å². The summed E-state index contributed by atoms with van der Waals surface area (Å²) in [7, 11) is 0. The van der Waals surface area contributed by atoms with Gasteiger partial charge < -0.3 is 19.5 Å². The van der Waals surface area contributed by atoms with Crippen molar-refractivity contribution >= 4 is 5.91 Å². The lowest BCUT2D eigenvalue weighted by Gasteiger charge is -2.31. The predicted molar refractivity (Wildman–Crippen MR) is 121 cm³/mol. The van der Waals surface area contributed by atoms with Gasteiger partial charge in [-0.2, -0.15) is 4.98 Å². The Morgan fingerprint density at radius 3 is 2.81 bits per heavy atom. The van der Waals surface area contributed by atoms with Gasteiger partial charge in [0.15, 0.2) is 0 Å². The van der Waals surface area contributed by atoms with Crippen molar-refractivity contribution < 1.29 is 18.4 Å². The van der Waals surface area contributed by atoms with Crippen LogP contribution in [0.4, 0.5) is 4.39 Å². The van der Waals surface area contributed by atoms with Crippen LogP contribution in [0, 0.1) is 18.7 Å². The fraction of sp³-hybridized carbons (Fsp3) is 0.625. The average molecular weight is 447 g/mol. The molecule has 1 aliphatic heterocycles. The fourth-order valence-electron chi connectivity index (χ4n) is 3.83. The van der Waals surface area contributed by atoms with Crippen molar-refractivity contribution in [2.24, 2.45) is 5.92 Å². The first kappa shape index (κ1) is 24.3. The molecular formula is C24H35FN4O3. The normalized spacial score (nSPS) is 15.4. The van der Waals surface area contributed by atoms with Gasteiger partial charge in [0, 0.05) is 31.1 Å². The highest BCUT2D eigenvalue weighted by molar-refractivity contribution is 5.78. The predicted octanol–water partition coefficient (Wildman–Crippen LogP) is 3.76. The summed E-state index contributed by atoms with van der Waals surface area (Å²) in [4.78, 5) is 19.1. The maximum atomic E-state index is 13.8. The summed E-state index contributed by atoms with van der Waals surface area (Å²) in [6.45, 7) is 9.88. The van der Waals surface area contributed by atoms with Crippen LogP contribution in [0.15, 0.2) is 22.7 Å². The van der Waals surface area contributed by atoms with Gasteiger partial charge >= 0.3 is 0 Å². The van der Waals surface area contributed by atoms with Crippen molar-refractivity contribution in [2.75, 3.05) is 32.8 Å². The first-order chi connectivity index (χ1) is 15.4. The fourth-order valence-corrected chi connectivity index (χ4v) is 3.83. The Bertz CT molecular complexity index is 863. The molecule has 1 aromatic carbocycles. The van der Waals surface area contributed by atoms with E-state index in [1.54, 1.807) is 19.1 Å². The van der Waals surface area contributed by atoms with Crippen LogP contribution in [0.3, 0.4) is 0 Å². The molecule has 8 heteroatoms. The van der Waals surface area contributed by atoms with Gasteiger partial charge in [-0.3, -0.25) is 4.79 Å². The van der Waals surface area contributed by atoms with E-state index in [0.717, 1.165) is 45.3 Å². The van der Waals surface area contributed by atoms with Gasteiger partial charge in [0.05, 0.1) is 6.10 Å². The van der Waals surface area contributed by atoms with Crippen molar-refractivity contribution in [3.05, 3.63) is 35.5 Å². The number of carbonyl (C=O) groups is 1. The number of nitrogens with one attached hydrogen (secondary N) is 1. The molecule has 176 valence electrons. The van der Waals surface area contributed by atoms with E-state index >= 15 is 0 Å². The van der Waals surface area contributed by atoms with Crippen LogP contribution in [0.2, 0.25) is 0 Å². The molecule has 0 bridgehead atoms. The number of likely N-dealkylation sites (tertiary alicyclic amines) is 1. The first-order valence-corrected chi connectivity index (χ1v) is 11.6. The second kappa shape index (κ2) is 12.1. The summed E-state index contributed by atoms with van der Waals surface area (Å²) in [5.41, 5.74) is 1.21. The van der Waals surface area contributed by atoms with Gasteiger partial charge in [0.25, 0.3) is 0 Å². The van der Waals surface area contributed by atoms with Crippen LogP contribution < -0.4 is 5.32 Å². The SMILES string of the molecule is Cc1ccc(-c2noc(CCCN3CCC(C(=O)NCCCOC(C)C)CC3)n2)cc1F. The molecule has 1 aromatic heterocycles. The van der Waals surface area contributed by atoms with Gasteiger partial charge in [-0.25, -0.2) is 4.39 Å². The van der Waals surface area contributed by atoms with E-state index in [4.69, 9.17) is 9.26 Å². The van der Waals surface area contributed by atoms with E-state index in [1.807, 2.05) is 13.8 Å². The molecule has 32 heavy (non-hydrogen) atoms. The van der Waals surface area contributed by atoms with E-state index in [1.165, 1.54) is 6.07 Å². The van der Waals surface area contributed by atoms with E-state index in [-0.39, 0.29) is 23.7 Å². The van der Waals surface area contributed by atoms with E-state index < -0.39 is 0 Å². The zero-order valence-corrected chi connectivity index (χ0v) is 19.4. The molecule has 0 radical (unpaired) electrons. The molecule has 0 spiro atoms. The Balaban J connectivity index is 1.32. The molecule has 2 heterocycles. The smallest absolute Gasteiger partial charge is 0.227 e. The van der Waals surface area contributed by atoms with Gasteiger partial charge in [-0.15, -0.1) is 0 Å². The Morgan fingerprint density at radius 2 is 2.09 bits per heavy atom. The molecule has 1 fully saturated rings. The van der Waals surface area contributed by atoms with Crippen LogP contribution in [0.25, 0.3) is 11.4 Å². The second-order valence-corrected chi connectivity index (χ2v) is 8.76. The van der Waals surface area contributed by atoms with E-state index in [2.05, 4.69) is 20.4 Å². The van der Waals surface area contributed by atoms with E-state index in [0.29, 0.717) is 42.4 Å². The molecule has 1 aliphatic rings. The molecule has 0 saturated carbocycles. The highest BCUT2D eigenvalue weighted by Crippen LogP contribution is 2.20. The summed E-state index contributed by atoms with van der Waals surface area (Å²) in [6, 6.07) is 4.95. The molecule has 7 nitrogen and oxygen atoms in total. The number of nitrogens with zero attached hydrogens (tertiary/aromatic N) is 3. The van der Waals surface area contributed by atoms with Crippen molar-refractivity contribution in [3.63, 3.8) is 0 Å². The summed E-state index contributed by atoms with van der Waals surface area (Å²) in [5, 5.41) is 7.02. The van der Waals surface area contributed by atoms with Crippen molar-refractivity contribution in [3.8, 4) is 11.4 Å². The summed E-state index contributed by atoms with van der Waals surface area (Å²) in [5.74, 6) is 0.982. The number of halogens is 1. The Morgan fingerprint density at radius 1 is 1.31 bits per heavy atom. The number of rotatable bonds is 11. The molecule has 1 N–H and O–H groups in total. The average Bonchev–Trinajstić information content (AvgIpc) is 3.24. The highest BCUT2D eigenvalue weighted by Gasteiger charge is 2.24. The largest absolute Gasteiger partial charge is 0.379 e. The first-order valence-electron chi connectivity index (χ1n) is 11.6. The topological polar surface area (TPSA) is 80.5 Å². The zero-order valence-electron chi connectivity index (χ0n) is 19.4. The number of benzene rings is 1. The molecule has 0 atom stereocenters. The van der Waals surface area contributed by atoms with Crippen molar-refractivity contribution in [1.82, 2.24) is 20.4 Å². The number of hydrogen-bond acceptors (Lipinski definition) is 6. The number of ether oxygens (including phenoxy) is 1. The summed E-state index contributed by atoms with van der Waals surface area (Å²) in [6.07, 6.45) is 4.43. The molecule has 1 saturated heterocycles. The number of carbonyl (C=O) groups excluding carboxylic acids is 1. The third-order valence-electron chi connectivity index (χ3n) is 5.79. The molecule has 0 aliphatic carbocycles. The molecule has 2 aromatic rings. The lowest BCUT2D eigenvalue weighted by Crippen LogP contribution is -2.41. The summed E-state index contributed by atoms with van der Waals surface area (Å²) >= 11 is 0. The number of amides is 1. The third-order valence-corrected chi connectivity index (χ3v) is 5.79. The van der Waals surface area contributed by atoms with Crippen LogP contribution in [-0.4, -0.2) is 59.8 Å². The quantitative estimate of drug-likeness (QED) is 0.530. The zero-order chi connectivity index (χ0) is 22.9. The lowest BCUT2D eigenvalue weighted by atomic mass is 9.95. The van der Waals surface area contributed by atoms with Gasteiger partial charge in [-0.1, -0.05) is 17.3 Å². The Kier molecular flexibility index (Phi) is 9.17. The van der Waals surface area contributed by atoms with Crippen molar-refractivity contribution in [2.45, 2.75) is 59.0 Å². The maximum Gasteiger partial charge on any atom is 0.227 e. The lowest BCUT2D eigenvalue weighted by molar-refractivity contribution is -0.126. The molecule has 1 amide bonds. The van der Waals surface area contributed by atoms with Crippen LogP contribution in [-0.2, 0) is 16.0 Å². The molecular weight excluding hydrogens is 411 g/mol. The van der Waals surface area contributed by atoms with Gasteiger partial charge in [0.2, 0.25) is 17.6 Å². The minimum Gasteiger partial charge on any atom is -0.379 e. The number of hydrogen-bond donors (Lipinski definition) is 1. The minimum absolute atomic E-state index is 0.102. The summed E-state index contributed by atoms with van der Waals surface area (Å²) < 4.78 is 24.6. The second-order valence-electron chi connectivity index (χ2n) is 8.76. The standard InChI is InChI=1S/C24H35FN4O3/c1-17(2)31-15-5-11-26-24(30)19-9-13-29(14-10-19)12-4-6-22-27-23(28-32-22)20-8-7-18(3)21(25)16-20/h7-8,16-17,19H,4-6,9-15H2,1-3H3,(H,26,30). The van der Waals surface area contributed by atoms with Crippen LogP contribution >= 0.6 is 0 Å². The Labute approximate surface area is 189 Å². The maximum absolute atomic E-state index is 13.8.